The van der Waals surface area contributed by atoms with E-state index in [1.807, 2.05) is 6.20 Å². The van der Waals surface area contributed by atoms with Gasteiger partial charge < -0.3 is 4.57 Å². The lowest BCUT2D eigenvalue weighted by Gasteiger charge is -2.41. The predicted octanol–water partition coefficient (Wildman–Crippen LogP) is 2.70. The van der Waals surface area contributed by atoms with Crippen molar-refractivity contribution in [1.29, 1.82) is 0 Å². The molecule has 1 unspecified atom stereocenters. The van der Waals surface area contributed by atoms with Crippen molar-refractivity contribution >= 4 is 0 Å². The number of aryl methyl sites for hydroxylation is 1. The molecule has 0 aliphatic carbocycles. The lowest BCUT2D eigenvalue weighted by atomic mass is 9.93. The minimum Gasteiger partial charge on any atom is -0.335 e. The zero-order valence-electron chi connectivity index (χ0n) is 11.6. The monoisotopic (exact) mass is 235 g/mol. The molecule has 3 heteroatoms. The van der Waals surface area contributed by atoms with Crippen molar-refractivity contribution in [3.05, 3.63) is 18.2 Å². The van der Waals surface area contributed by atoms with Crippen LogP contribution in [0.15, 0.2) is 12.4 Å². The molecule has 0 spiro atoms. The van der Waals surface area contributed by atoms with E-state index in [4.69, 9.17) is 0 Å². The Morgan fingerprint density at radius 1 is 1.41 bits per heavy atom. The molecule has 1 aliphatic heterocycles. The second kappa shape index (κ2) is 4.81. The zero-order chi connectivity index (χ0) is 12.5. The van der Waals surface area contributed by atoms with Gasteiger partial charge in [0.2, 0.25) is 0 Å². The van der Waals surface area contributed by atoms with Crippen LogP contribution in [0.25, 0.3) is 0 Å². The third-order valence-corrected chi connectivity index (χ3v) is 3.85. The summed E-state index contributed by atoms with van der Waals surface area (Å²) in [5.41, 5.74) is 0.308. The summed E-state index contributed by atoms with van der Waals surface area (Å²) in [5, 5.41) is 0. The Labute approximate surface area is 105 Å². The van der Waals surface area contributed by atoms with Gasteiger partial charge in [-0.15, -0.1) is 0 Å². The van der Waals surface area contributed by atoms with E-state index in [-0.39, 0.29) is 0 Å². The Kier molecular flexibility index (Phi) is 3.57. The van der Waals surface area contributed by atoms with Crippen LogP contribution in [0.3, 0.4) is 0 Å². The molecule has 1 fully saturated rings. The first-order valence-corrected chi connectivity index (χ1v) is 6.69. The Bertz CT molecular complexity index is 362. The maximum Gasteiger partial charge on any atom is 0.105 e. The van der Waals surface area contributed by atoms with Gasteiger partial charge in [-0.1, -0.05) is 0 Å². The highest BCUT2D eigenvalue weighted by Gasteiger charge is 2.27. The van der Waals surface area contributed by atoms with Crippen molar-refractivity contribution in [3.63, 3.8) is 0 Å². The lowest BCUT2D eigenvalue weighted by molar-refractivity contribution is 0.0732. The van der Waals surface area contributed by atoms with Gasteiger partial charge in [-0.2, -0.15) is 0 Å². The number of aromatic nitrogens is 2. The van der Waals surface area contributed by atoms with E-state index in [9.17, 15) is 0 Å². The molecule has 17 heavy (non-hydrogen) atoms. The van der Waals surface area contributed by atoms with Crippen molar-refractivity contribution in [3.8, 4) is 0 Å². The fraction of sp³-hybridized carbons (Fsp3) is 0.786. The third kappa shape index (κ3) is 3.09. The molecule has 0 amide bonds. The van der Waals surface area contributed by atoms with Crippen molar-refractivity contribution in [2.75, 3.05) is 13.1 Å². The normalized spacial score (nSPS) is 22.9. The fourth-order valence-corrected chi connectivity index (χ4v) is 2.70. The third-order valence-electron chi connectivity index (χ3n) is 3.85. The van der Waals surface area contributed by atoms with Crippen LogP contribution in [0, 0.1) is 12.8 Å². The van der Waals surface area contributed by atoms with Gasteiger partial charge in [0.15, 0.2) is 0 Å². The van der Waals surface area contributed by atoms with Crippen LogP contribution in [0.2, 0.25) is 0 Å². The van der Waals surface area contributed by atoms with Crippen molar-refractivity contribution in [2.24, 2.45) is 5.92 Å². The molecule has 0 saturated carbocycles. The molecular weight excluding hydrogens is 210 g/mol. The molecule has 0 bridgehead atoms. The summed E-state index contributed by atoms with van der Waals surface area (Å²) >= 11 is 0. The van der Waals surface area contributed by atoms with E-state index >= 15 is 0 Å². The van der Waals surface area contributed by atoms with Gasteiger partial charge in [0.05, 0.1) is 0 Å². The van der Waals surface area contributed by atoms with E-state index in [1.54, 1.807) is 0 Å². The van der Waals surface area contributed by atoms with E-state index in [0.717, 1.165) is 18.3 Å². The highest BCUT2D eigenvalue weighted by molar-refractivity contribution is 4.90. The van der Waals surface area contributed by atoms with Crippen molar-refractivity contribution in [1.82, 2.24) is 14.5 Å². The Morgan fingerprint density at radius 2 is 2.18 bits per heavy atom. The molecule has 0 aromatic carbocycles. The van der Waals surface area contributed by atoms with Gasteiger partial charge in [-0.05, 0) is 53.0 Å². The molecule has 1 aromatic rings. The summed E-state index contributed by atoms with van der Waals surface area (Å²) in [5.74, 6) is 1.91. The molecular formula is C14H25N3. The molecule has 0 N–H and O–H groups in total. The smallest absolute Gasteiger partial charge is 0.105 e. The second-order valence-corrected chi connectivity index (χ2v) is 6.25. The quantitative estimate of drug-likeness (QED) is 0.786. The van der Waals surface area contributed by atoms with E-state index in [2.05, 4.69) is 48.3 Å². The van der Waals surface area contributed by atoms with Crippen LogP contribution in [0.5, 0.6) is 0 Å². The number of piperidine rings is 1. The van der Waals surface area contributed by atoms with Crippen LogP contribution in [0.1, 0.15) is 39.4 Å². The standard InChI is InChI=1S/C14H25N3/c1-12-15-7-9-16(12)10-13-6-5-8-17(11-13)14(2,3)4/h7,9,13H,5-6,8,10-11H2,1-4H3. The van der Waals surface area contributed by atoms with E-state index in [1.165, 1.54) is 25.9 Å². The van der Waals surface area contributed by atoms with E-state index in [0.29, 0.717) is 5.54 Å². The molecule has 1 atom stereocenters. The van der Waals surface area contributed by atoms with Crippen LogP contribution >= 0.6 is 0 Å². The van der Waals surface area contributed by atoms with Gasteiger partial charge in [0.1, 0.15) is 5.82 Å². The highest BCUT2D eigenvalue weighted by atomic mass is 15.2. The molecule has 3 nitrogen and oxygen atoms in total. The number of nitrogens with zero attached hydrogens (tertiary/aromatic N) is 3. The summed E-state index contributed by atoms with van der Waals surface area (Å²) in [4.78, 5) is 6.92. The van der Waals surface area contributed by atoms with Crippen molar-refractivity contribution in [2.45, 2.75) is 52.6 Å². The maximum absolute atomic E-state index is 4.30. The number of imidazole rings is 1. The summed E-state index contributed by atoms with van der Waals surface area (Å²) in [6.07, 6.45) is 6.69. The Morgan fingerprint density at radius 3 is 2.76 bits per heavy atom. The van der Waals surface area contributed by atoms with Gasteiger partial charge >= 0.3 is 0 Å². The first-order valence-electron chi connectivity index (χ1n) is 6.69. The Balaban J connectivity index is 1.96. The highest BCUT2D eigenvalue weighted by Crippen LogP contribution is 2.24. The summed E-state index contributed by atoms with van der Waals surface area (Å²) in [6, 6.07) is 0. The minimum atomic E-state index is 0.308. The molecule has 2 rings (SSSR count). The number of likely N-dealkylation sites (tertiary alicyclic amines) is 1. The molecule has 0 radical (unpaired) electrons. The fourth-order valence-electron chi connectivity index (χ4n) is 2.70. The lowest BCUT2D eigenvalue weighted by Crippen LogP contribution is -2.47. The second-order valence-electron chi connectivity index (χ2n) is 6.25. The predicted molar refractivity (Wildman–Crippen MR) is 71.0 cm³/mol. The Hall–Kier alpha value is -0.830. The molecule has 2 heterocycles. The zero-order valence-corrected chi connectivity index (χ0v) is 11.6. The average molecular weight is 235 g/mol. The molecule has 1 aliphatic rings. The average Bonchev–Trinajstić information content (AvgIpc) is 2.64. The SMILES string of the molecule is Cc1nccn1CC1CCCN(C(C)(C)C)C1. The minimum absolute atomic E-state index is 0.308. The largest absolute Gasteiger partial charge is 0.335 e. The molecule has 96 valence electrons. The van der Waals surface area contributed by atoms with Crippen LogP contribution in [-0.4, -0.2) is 33.1 Å². The van der Waals surface area contributed by atoms with Gasteiger partial charge in [-0.3, -0.25) is 4.90 Å². The first kappa shape index (κ1) is 12.6. The van der Waals surface area contributed by atoms with Gasteiger partial charge in [-0.25, -0.2) is 4.98 Å². The number of rotatable bonds is 2. The van der Waals surface area contributed by atoms with Crippen LogP contribution in [-0.2, 0) is 6.54 Å². The summed E-state index contributed by atoms with van der Waals surface area (Å²) in [7, 11) is 0. The first-order chi connectivity index (χ1) is 7.97. The van der Waals surface area contributed by atoms with Gasteiger partial charge in [0, 0.05) is 31.0 Å². The van der Waals surface area contributed by atoms with Crippen LogP contribution < -0.4 is 0 Å². The van der Waals surface area contributed by atoms with E-state index < -0.39 is 0 Å². The maximum atomic E-state index is 4.30. The van der Waals surface area contributed by atoms with Crippen molar-refractivity contribution < 1.29 is 0 Å². The van der Waals surface area contributed by atoms with Gasteiger partial charge in [0.25, 0.3) is 0 Å². The number of hydrogen-bond acceptors (Lipinski definition) is 2. The summed E-state index contributed by atoms with van der Waals surface area (Å²) in [6.45, 7) is 12.6. The molecule has 1 aromatic heterocycles. The number of hydrogen-bond donors (Lipinski definition) is 0. The summed E-state index contributed by atoms with van der Waals surface area (Å²) < 4.78 is 2.29. The topological polar surface area (TPSA) is 21.1 Å². The van der Waals surface area contributed by atoms with Crippen LogP contribution in [0.4, 0.5) is 0 Å². The molecule has 1 saturated heterocycles.